The summed E-state index contributed by atoms with van der Waals surface area (Å²) in [4.78, 5) is 6.67. The highest BCUT2D eigenvalue weighted by Gasteiger charge is 2.32. The zero-order valence-electron chi connectivity index (χ0n) is 14.2. The van der Waals surface area contributed by atoms with Crippen LogP contribution < -0.4 is 5.32 Å². The van der Waals surface area contributed by atoms with Gasteiger partial charge in [-0.05, 0) is 25.0 Å². The zero-order chi connectivity index (χ0) is 16.4. The second kappa shape index (κ2) is 7.01. The Labute approximate surface area is 142 Å². The molecule has 3 heterocycles. The van der Waals surface area contributed by atoms with Crippen molar-refractivity contribution in [1.29, 1.82) is 0 Å². The molecule has 0 amide bonds. The Balaban J connectivity index is 1.34. The molecule has 2 aromatic rings. The van der Waals surface area contributed by atoms with Crippen LogP contribution in [0.4, 0.5) is 0 Å². The molecule has 0 spiro atoms. The fourth-order valence-electron chi connectivity index (χ4n) is 3.42. The number of ether oxygens (including phenoxy) is 1. The molecule has 128 valence electrons. The van der Waals surface area contributed by atoms with Crippen LogP contribution in [0.3, 0.4) is 0 Å². The van der Waals surface area contributed by atoms with Gasteiger partial charge in [0, 0.05) is 69.0 Å². The normalized spacial score (nSPS) is 22.0. The van der Waals surface area contributed by atoms with Gasteiger partial charge in [-0.1, -0.05) is 0 Å². The highest BCUT2D eigenvalue weighted by atomic mass is 16.5. The smallest absolute Gasteiger partial charge is 0.0969 e. The zero-order valence-corrected chi connectivity index (χ0v) is 14.2. The van der Waals surface area contributed by atoms with Crippen molar-refractivity contribution in [2.45, 2.75) is 31.5 Å². The summed E-state index contributed by atoms with van der Waals surface area (Å²) in [5.74, 6) is 0. The summed E-state index contributed by atoms with van der Waals surface area (Å²) in [5.41, 5.74) is 3.34. The van der Waals surface area contributed by atoms with Gasteiger partial charge < -0.3 is 10.1 Å². The molecule has 2 aromatic heterocycles. The summed E-state index contributed by atoms with van der Waals surface area (Å²) in [6.45, 7) is 4.69. The van der Waals surface area contributed by atoms with Crippen LogP contribution in [-0.2, 0) is 18.3 Å². The first-order valence-corrected chi connectivity index (χ1v) is 8.79. The Morgan fingerprint density at radius 3 is 2.92 bits per heavy atom. The number of nitrogens with zero attached hydrogens (tertiary/aromatic N) is 4. The van der Waals surface area contributed by atoms with Gasteiger partial charge in [-0.15, -0.1) is 0 Å². The van der Waals surface area contributed by atoms with Gasteiger partial charge in [0.25, 0.3) is 0 Å². The quantitative estimate of drug-likeness (QED) is 0.870. The number of hydrogen-bond donors (Lipinski definition) is 1. The van der Waals surface area contributed by atoms with Crippen LogP contribution in [0.2, 0.25) is 0 Å². The van der Waals surface area contributed by atoms with Gasteiger partial charge in [0.15, 0.2) is 0 Å². The number of aryl methyl sites for hydroxylation is 1. The van der Waals surface area contributed by atoms with Crippen molar-refractivity contribution >= 4 is 0 Å². The number of morpholine rings is 1. The van der Waals surface area contributed by atoms with Gasteiger partial charge in [-0.25, -0.2) is 0 Å². The minimum Gasteiger partial charge on any atom is -0.374 e. The van der Waals surface area contributed by atoms with E-state index in [2.05, 4.69) is 26.5 Å². The summed E-state index contributed by atoms with van der Waals surface area (Å²) in [6, 6.07) is 4.83. The molecule has 1 saturated heterocycles. The van der Waals surface area contributed by atoms with Crippen LogP contribution in [0.1, 0.15) is 18.4 Å². The standard InChI is InChI=1S/C18H25N5O/c1-22-12-15(18(21-22)14-4-6-19-7-5-14)10-20-11-17-13-23(8-9-24-17)16-2-3-16/h4-7,12,16-17,20H,2-3,8-11,13H2,1H3. The van der Waals surface area contributed by atoms with Crippen LogP contribution in [0.15, 0.2) is 30.7 Å². The number of aromatic nitrogens is 3. The van der Waals surface area contributed by atoms with Gasteiger partial charge in [0.1, 0.15) is 0 Å². The van der Waals surface area contributed by atoms with Crippen molar-refractivity contribution in [3.05, 3.63) is 36.3 Å². The molecule has 1 unspecified atom stereocenters. The highest BCUT2D eigenvalue weighted by Crippen LogP contribution is 2.28. The van der Waals surface area contributed by atoms with Crippen molar-refractivity contribution in [2.75, 3.05) is 26.2 Å². The van der Waals surface area contributed by atoms with Crippen LogP contribution in [0.25, 0.3) is 11.3 Å². The van der Waals surface area contributed by atoms with E-state index in [4.69, 9.17) is 4.74 Å². The Hall–Kier alpha value is -1.76. The molecule has 4 rings (SSSR count). The van der Waals surface area contributed by atoms with Crippen LogP contribution in [0.5, 0.6) is 0 Å². The van der Waals surface area contributed by atoms with E-state index in [0.717, 1.165) is 50.1 Å². The fraction of sp³-hybridized carbons (Fsp3) is 0.556. The van der Waals surface area contributed by atoms with E-state index < -0.39 is 0 Å². The van der Waals surface area contributed by atoms with E-state index in [-0.39, 0.29) is 0 Å². The predicted molar refractivity (Wildman–Crippen MR) is 92.5 cm³/mol. The summed E-state index contributed by atoms with van der Waals surface area (Å²) in [6.07, 6.45) is 8.73. The SMILES string of the molecule is Cn1cc(CNCC2CN(C3CC3)CCO2)c(-c2ccncc2)n1. The number of rotatable bonds is 6. The van der Waals surface area contributed by atoms with Crippen molar-refractivity contribution in [1.82, 2.24) is 25.0 Å². The first-order valence-electron chi connectivity index (χ1n) is 8.79. The van der Waals surface area contributed by atoms with Crippen molar-refractivity contribution < 1.29 is 4.74 Å². The Morgan fingerprint density at radius 1 is 1.29 bits per heavy atom. The number of pyridine rings is 1. The molecule has 1 aliphatic heterocycles. The van der Waals surface area contributed by atoms with Crippen molar-refractivity contribution in [3.63, 3.8) is 0 Å². The second-order valence-corrected chi connectivity index (χ2v) is 6.76. The first kappa shape index (κ1) is 15.7. The van der Waals surface area contributed by atoms with Crippen molar-refractivity contribution in [3.8, 4) is 11.3 Å². The molecule has 6 nitrogen and oxygen atoms in total. The molecular formula is C18H25N5O. The molecule has 1 atom stereocenters. The molecule has 1 N–H and O–H groups in total. The average Bonchev–Trinajstić information content (AvgIpc) is 3.39. The lowest BCUT2D eigenvalue weighted by molar-refractivity contribution is -0.0301. The Morgan fingerprint density at radius 2 is 2.12 bits per heavy atom. The molecule has 1 aliphatic carbocycles. The molecular weight excluding hydrogens is 302 g/mol. The van der Waals surface area contributed by atoms with Crippen LogP contribution >= 0.6 is 0 Å². The fourth-order valence-corrected chi connectivity index (χ4v) is 3.42. The lowest BCUT2D eigenvalue weighted by atomic mass is 10.1. The molecule has 24 heavy (non-hydrogen) atoms. The maximum absolute atomic E-state index is 5.91. The minimum atomic E-state index is 0.292. The van der Waals surface area contributed by atoms with E-state index in [1.807, 2.05) is 36.3 Å². The third-order valence-electron chi connectivity index (χ3n) is 4.78. The van der Waals surface area contributed by atoms with Crippen molar-refractivity contribution in [2.24, 2.45) is 7.05 Å². The molecule has 6 heteroatoms. The van der Waals surface area contributed by atoms with E-state index >= 15 is 0 Å². The molecule has 0 aromatic carbocycles. The summed E-state index contributed by atoms with van der Waals surface area (Å²) < 4.78 is 7.78. The molecule has 2 fully saturated rings. The monoisotopic (exact) mass is 327 g/mol. The van der Waals surface area contributed by atoms with Crippen LogP contribution in [-0.4, -0.2) is 58.1 Å². The maximum atomic E-state index is 5.91. The second-order valence-electron chi connectivity index (χ2n) is 6.76. The number of hydrogen-bond acceptors (Lipinski definition) is 5. The minimum absolute atomic E-state index is 0.292. The lowest BCUT2D eigenvalue weighted by Crippen LogP contribution is -2.47. The highest BCUT2D eigenvalue weighted by molar-refractivity contribution is 5.61. The summed E-state index contributed by atoms with van der Waals surface area (Å²) in [5, 5.41) is 8.15. The van der Waals surface area contributed by atoms with Gasteiger partial charge in [0.2, 0.25) is 0 Å². The molecule has 0 radical (unpaired) electrons. The number of nitrogens with one attached hydrogen (secondary N) is 1. The summed E-state index contributed by atoms with van der Waals surface area (Å²) in [7, 11) is 1.96. The van der Waals surface area contributed by atoms with Gasteiger partial charge in [-0.3, -0.25) is 14.6 Å². The molecule has 1 saturated carbocycles. The largest absolute Gasteiger partial charge is 0.374 e. The van der Waals surface area contributed by atoms with Gasteiger partial charge in [0.05, 0.1) is 18.4 Å². The Bertz CT molecular complexity index is 667. The maximum Gasteiger partial charge on any atom is 0.0969 e. The van der Waals surface area contributed by atoms with E-state index in [1.54, 1.807) is 0 Å². The van der Waals surface area contributed by atoms with Crippen LogP contribution in [0, 0.1) is 0 Å². The van der Waals surface area contributed by atoms with E-state index in [0.29, 0.717) is 6.10 Å². The van der Waals surface area contributed by atoms with E-state index in [9.17, 15) is 0 Å². The third-order valence-corrected chi connectivity index (χ3v) is 4.78. The first-order chi connectivity index (χ1) is 11.8. The summed E-state index contributed by atoms with van der Waals surface area (Å²) >= 11 is 0. The Kier molecular flexibility index (Phi) is 4.60. The third kappa shape index (κ3) is 3.66. The molecule has 0 bridgehead atoms. The molecule has 2 aliphatic rings. The average molecular weight is 327 g/mol. The lowest BCUT2D eigenvalue weighted by Gasteiger charge is -2.33. The topological polar surface area (TPSA) is 55.2 Å². The van der Waals surface area contributed by atoms with Gasteiger partial charge >= 0.3 is 0 Å². The predicted octanol–water partition coefficient (Wildman–Crippen LogP) is 1.43. The van der Waals surface area contributed by atoms with E-state index in [1.165, 1.54) is 18.4 Å². The van der Waals surface area contributed by atoms with Gasteiger partial charge in [-0.2, -0.15) is 5.10 Å².